The highest BCUT2D eigenvalue weighted by Crippen LogP contribution is 2.22. The number of phenols is 1. The number of hydrogen-bond donors (Lipinski definition) is 2. The van der Waals surface area contributed by atoms with Crippen LogP contribution >= 0.6 is 0 Å². The van der Waals surface area contributed by atoms with E-state index in [9.17, 15) is 9.90 Å². The molecule has 2 aromatic rings. The second-order valence-corrected chi connectivity index (χ2v) is 4.30. The first-order chi connectivity index (χ1) is 9.20. The van der Waals surface area contributed by atoms with Crippen molar-refractivity contribution in [2.75, 3.05) is 6.61 Å². The summed E-state index contributed by atoms with van der Waals surface area (Å²) in [7, 11) is 0. The van der Waals surface area contributed by atoms with E-state index in [0.717, 1.165) is 11.3 Å². The van der Waals surface area contributed by atoms with Gasteiger partial charge >= 0.3 is 5.97 Å². The van der Waals surface area contributed by atoms with Crippen molar-refractivity contribution >= 4 is 5.97 Å². The van der Waals surface area contributed by atoms with Crippen LogP contribution in [-0.4, -0.2) is 22.7 Å². The molecule has 1 heterocycles. The summed E-state index contributed by atoms with van der Waals surface area (Å²) in [6.45, 7) is 2.16. The lowest BCUT2D eigenvalue weighted by Crippen LogP contribution is -2.18. The van der Waals surface area contributed by atoms with E-state index in [1.807, 2.05) is 24.3 Å². The van der Waals surface area contributed by atoms with Crippen molar-refractivity contribution in [3.63, 3.8) is 0 Å². The second kappa shape index (κ2) is 6.09. The Morgan fingerprint density at radius 1 is 1.32 bits per heavy atom. The first-order valence-electron chi connectivity index (χ1n) is 6.28. The number of nitrogens with one attached hydrogen (secondary N) is 1. The molecule has 0 fully saturated rings. The Morgan fingerprint density at radius 3 is 2.63 bits per heavy atom. The smallest absolute Gasteiger partial charge is 0.315 e. The highest BCUT2D eigenvalue weighted by molar-refractivity contribution is 5.78. The Hall–Kier alpha value is -2.23. The van der Waals surface area contributed by atoms with Crippen LogP contribution in [0.4, 0.5) is 0 Å². The van der Waals surface area contributed by atoms with E-state index in [-0.39, 0.29) is 17.6 Å². The number of hydrogen-bond acceptors (Lipinski definition) is 3. The molecule has 1 unspecified atom stereocenters. The molecule has 2 rings (SSSR count). The fraction of sp³-hybridized carbons (Fsp3) is 0.267. The standard InChI is InChI=1S/C15H17NO3/c1-2-19-15(18)13(14-4-3-9-16-14)10-11-5-7-12(17)8-6-11/h3-9,13,16-17H,2,10H2,1H3. The molecule has 1 aromatic carbocycles. The van der Waals surface area contributed by atoms with Crippen LogP contribution < -0.4 is 0 Å². The molecule has 0 aliphatic rings. The van der Waals surface area contributed by atoms with Gasteiger partial charge in [0.05, 0.1) is 6.61 Å². The van der Waals surface area contributed by atoms with Gasteiger partial charge in [-0.2, -0.15) is 0 Å². The number of H-pyrrole nitrogens is 1. The first-order valence-corrected chi connectivity index (χ1v) is 6.28. The van der Waals surface area contributed by atoms with Gasteiger partial charge in [0.2, 0.25) is 0 Å². The molecule has 0 saturated heterocycles. The predicted molar refractivity (Wildman–Crippen MR) is 72.0 cm³/mol. The van der Waals surface area contributed by atoms with Crippen LogP contribution in [0, 0.1) is 0 Å². The molecule has 1 atom stereocenters. The minimum Gasteiger partial charge on any atom is -0.508 e. The van der Waals surface area contributed by atoms with E-state index >= 15 is 0 Å². The van der Waals surface area contributed by atoms with Gasteiger partial charge in [0, 0.05) is 11.9 Å². The summed E-state index contributed by atoms with van der Waals surface area (Å²) in [5.41, 5.74) is 1.82. The van der Waals surface area contributed by atoms with Crippen LogP contribution in [-0.2, 0) is 16.0 Å². The molecule has 0 spiro atoms. The fourth-order valence-electron chi connectivity index (χ4n) is 1.99. The summed E-state index contributed by atoms with van der Waals surface area (Å²) in [4.78, 5) is 15.1. The summed E-state index contributed by atoms with van der Waals surface area (Å²) < 4.78 is 5.12. The molecule has 0 aliphatic carbocycles. The Morgan fingerprint density at radius 2 is 2.05 bits per heavy atom. The molecule has 0 saturated carbocycles. The van der Waals surface area contributed by atoms with Crippen molar-refractivity contribution in [3.8, 4) is 5.75 Å². The number of esters is 1. The number of benzene rings is 1. The average Bonchev–Trinajstić information content (AvgIpc) is 2.92. The molecule has 4 heteroatoms. The highest BCUT2D eigenvalue weighted by Gasteiger charge is 2.23. The van der Waals surface area contributed by atoms with E-state index in [1.54, 1.807) is 25.3 Å². The molecule has 1 aromatic heterocycles. The quantitative estimate of drug-likeness (QED) is 0.811. The minimum atomic E-state index is -0.348. The number of carbonyl (C=O) groups excluding carboxylic acids is 1. The van der Waals surface area contributed by atoms with Crippen molar-refractivity contribution in [3.05, 3.63) is 53.9 Å². The maximum atomic E-state index is 12.0. The molecule has 4 nitrogen and oxygen atoms in total. The van der Waals surface area contributed by atoms with Gasteiger partial charge in [-0.25, -0.2) is 0 Å². The minimum absolute atomic E-state index is 0.219. The van der Waals surface area contributed by atoms with Crippen molar-refractivity contribution in [1.82, 2.24) is 4.98 Å². The van der Waals surface area contributed by atoms with Crippen molar-refractivity contribution < 1.29 is 14.6 Å². The van der Waals surface area contributed by atoms with Crippen LogP contribution in [0.2, 0.25) is 0 Å². The Balaban J connectivity index is 2.18. The highest BCUT2D eigenvalue weighted by atomic mass is 16.5. The SMILES string of the molecule is CCOC(=O)C(Cc1ccc(O)cc1)c1ccc[nH]1. The maximum absolute atomic E-state index is 12.0. The van der Waals surface area contributed by atoms with Crippen molar-refractivity contribution in [2.24, 2.45) is 0 Å². The molecular weight excluding hydrogens is 242 g/mol. The van der Waals surface area contributed by atoms with Gasteiger partial charge in [-0.1, -0.05) is 12.1 Å². The maximum Gasteiger partial charge on any atom is 0.315 e. The van der Waals surface area contributed by atoms with Gasteiger partial charge in [0.1, 0.15) is 11.7 Å². The van der Waals surface area contributed by atoms with E-state index in [2.05, 4.69) is 4.98 Å². The summed E-state index contributed by atoms with van der Waals surface area (Å²) in [6, 6.07) is 10.6. The van der Waals surface area contributed by atoms with Gasteiger partial charge < -0.3 is 14.8 Å². The number of phenolic OH excluding ortho intramolecular Hbond substituents is 1. The zero-order chi connectivity index (χ0) is 13.7. The third kappa shape index (κ3) is 3.37. The van der Waals surface area contributed by atoms with E-state index in [4.69, 9.17) is 4.74 Å². The Kier molecular flexibility index (Phi) is 4.23. The van der Waals surface area contributed by atoms with Crippen LogP contribution in [0.25, 0.3) is 0 Å². The monoisotopic (exact) mass is 259 g/mol. The predicted octanol–water partition coefficient (Wildman–Crippen LogP) is 2.61. The van der Waals surface area contributed by atoms with Gasteiger partial charge in [-0.05, 0) is 43.2 Å². The molecule has 2 N–H and O–H groups in total. The Labute approximate surface area is 112 Å². The molecule has 100 valence electrons. The third-order valence-corrected chi connectivity index (χ3v) is 2.94. The zero-order valence-corrected chi connectivity index (χ0v) is 10.8. The first kappa shape index (κ1) is 13.2. The summed E-state index contributed by atoms with van der Waals surface area (Å²) in [5, 5.41) is 9.27. The second-order valence-electron chi connectivity index (χ2n) is 4.30. The molecule has 0 aliphatic heterocycles. The van der Waals surface area contributed by atoms with Crippen LogP contribution in [0.1, 0.15) is 24.1 Å². The molecular formula is C15H17NO3. The normalized spacial score (nSPS) is 12.1. The van der Waals surface area contributed by atoms with Crippen LogP contribution in [0.5, 0.6) is 5.75 Å². The van der Waals surface area contributed by atoms with Crippen LogP contribution in [0.15, 0.2) is 42.6 Å². The lowest BCUT2D eigenvalue weighted by Gasteiger charge is -2.14. The number of carbonyl (C=O) groups is 1. The fourth-order valence-corrected chi connectivity index (χ4v) is 1.99. The van der Waals surface area contributed by atoms with Crippen molar-refractivity contribution in [1.29, 1.82) is 0 Å². The third-order valence-electron chi connectivity index (χ3n) is 2.94. The molecule has 0 amide bonds. The Bertz CT molecular complexity index is 517. The van der Waals surface area contributed by atoms with E-state index < -0.39 is 0 Å². The largest absolute Gasteiger partial charge is 0.508 e. The number of aromatic nitrogens is 1. The van der Waals surface area contributed by atoms with E-state index in [1.165, 1.54) is 0 Å². The zero-order valence-electron chi connectivity index (χ0n) is 10.8. The number of aromatic hydroxyl groups is 1. The molecule has 19 heavy (non-hydrogen) atoms. The topological polar surface area (TPSA) is 62.3 Å². The van der Waals surface area contributed by atoms with Gasteiger partial charge in [-0.3, -0.25) is 4.79 Å². The van der Waals surface area contributed by atoms with Gasteiger partial charge in [0.25, 0.3) is 0 Å². The lowest BCUT2D eigenvalue weighted by molar-refractivity contribution is -0.145. The van der Waals surface area contributed by atoms with Crippen molar-refractivity contribution in [2.45, 2.75) is 19.3 Å². The summed E-state index contributed by atoms with van der Waals surface area (Å²) >= 11 is 0. The average molecular weight is 259 g/mol. The number of rotatable bonds is 5. The van der Waals surface area contributed by atoms with Gasteiger partial charge in [0.15, 0.2) is 0 Å². The van der Waals surface area contributed by atoms with Gasteiger partial charge in [-0.15, -0.1) is 0 Å². The van der Waals surface area contributed by atoms with E-state index in [0.29, 0.717) is 13.0 Å². The molecule has 0 bridgehead atoms. The summed E-state index contributed by atoms with van der Waals surface area (Å²) in [5.74, 6) is -0.367. The lowest BCUT2D eigenvalue weighted by atomic mass is 9.96. The summed E-state index contributed by atoms with van der Waals surface area (Å²) in [6.07, 6.45) is 2.33. The number of ether oxygens (including phenoxy) is 1. The number of aromatic amines is 1. The molecule has 0 radical (unpaired) electrons. The van der Waals surface area contributed by atoms with Crippen LogP contribution in [0.3, 0.4) is 0 Å².